The normalized spacial score (nSPS) is 33.7. The third-order valence-electron chi connectivity index (χ3n) is 11.2. The number of nitro groups is 1. The Bertz CT molecular complexity index is 1370. The molecule has 11 nitrogen and oxygen atoms in total. The molecule has 3 fully saturated rings. The van der Waals surface area contributed by atoms with Gasteiger partial charge in [0.2, 0.25) is 0 Å². The van der Waals surface area contributed by atoms with Crippen LogP contribution in [-0.2, 0) is 19.2 Å². The predicted octanol–water partition coefficient (Wildman–Crippen LogP) is 4.74. The zero-order valence-corrected chi connectivity index (χ0v) is 25.0. The number of aliphatic carboxylic acids is 1. The molecule has 0 saturated heterocycles. The van der Waals surface area contributed by atoms with Gasteiger partial charge < -0.3 is 20.4 Å². The van der Waals surface area contributed by atoms with Gasteiger partial charge in [0, 0.05) is 18.1 Å². The van der Waals surface area contributed by atoms with Crippen LogP contribution < -0.4 is 5.32 Å². The van der Waals surface area contributed by atoms with Gasteiger partial charge in [-0.1, -0.05) is 36.7 Å². The third kappa shape index (κ3) is 5.71. The Morgan fingerprint density at radius 3 is 2.60 bits per heavy atom. The number of amides is 1. The molecule has 0 spiro atoms. The summed E-state index contributed by atoms with van der Waals surface area (Å²) in [7, 11) is 0. The molecule has 11 heteroatoms. The molecule has 0 radical (unpaired) electrons. The van der Waals surface area contributed by atoms with E-state index in [1.54, 1.807) is 6.92 Å². The summed E-state index contributed by atoms with van der Waals surface area (Å²) in [5, 5.41) is 37.6. The van der Waals surface area contributed by atoms with Gasteiger partial charge >= 0.3 is 5.97 Å². The van der Waals surface area contributed by atoms with Crippen molar-refractivity contribution in [1.29, 1.82) is 0 Å². The summed E-state index contributed by atoms with van der Waals surface area (Å²) in [6.45, 7) is 5.94. The number of carbonyl (C=O) groups is 3. The number of allylic oxidation sites excluding steroid dienone is 2. The van der Waals surface area contributed by atoms with Crippen LogP contribution in [0.4, 0.5) is 5.69 Å². The summed E-state index contributed by atoms with van der Waals surface area (Å²) >= 11 is 0. The zero-order valence-electron chi connectivity index (χ0n) is 25.0. The highest BCUT2D eigenvalue weighted by Crippen LogP contribution is 2.66. The van der Waals surface area contributed by atoms with Crippen molar-refractivity contribution >= 4 is 29.1 Å². The Morgan fingerprint density at radius 2 is 1.91 bits per heavy atom. The fraction of sp³-hybridized carbons (Fsp3) is 0.625. The number of non-ortho nitro benzene ring substituents is 1. The molecule has 0 aromatic heterocycles. The number of nitrogens with one attached hydrogen (secondary N) is 1. The lowest BCUT2D eigenvalue weighted by atomic mass is 9.46. The topological polar surface area (TPSA) is 168 Å². The Labute approximate surface area is 250 Å². The van der Waals surface area contributed by atoms with Crippen LogP contribution in [0.1, 0.15) is 83.8 Å². The van der Waals surface area contributed by atoms with E-state index in [-0.39, 0.29) is 28.0 Å². The molecular weight excluding hydrogens is 554 g/mol. The average molecular weight is 596 g/mol. The van der Waals surface area contributed by atoms with Crippen LogP contribution in [-0.4, -0.2) is 51.2 Å². The number of hydrogen-bond donors (Lipinski definition) is 3. The van der Waals surface area contributed by atoms with E-state index in [0.29, 0.717) is 30.0 Å². The summed E-state index contributed by atoms with van der Waals surface area (Å²) < 4.78 is 0. The summed E-state index contributed by atoms with van der Waals surface area (Å²) in [4.78, 5) is 52.4. The van der Waals surface area contributed by atoms with Crippen LogP contribution in [0.5, 0.6) is 0 Å². The molecule has 0 aliphatic heterocycles. The Morgan fingerprint density at radius 1 is 1.14 bits per heavy atom. The highest BCUT2D eigenvalue weighted by molar-refractivity contribution is 5.96. The first-order valence-electron chi connectivity index (χ1n) is 15.2. The molecular formula is C32H41N3O8. The van der Waals surface area contributed by atoms with Crippen molar-refractivity contribution in [1.82, 2.24) is 5.32 Å². The van der Waals surface area contributed by atoms with Gasteiger partial charge in [-0.3, -0.25) is 19.7 Å². The molecule has 0 unspecified atom stereocenters. The molecule has 4 aliphatic rings. The molecule has 3 saturated carbocycles. The van der Waals surface area contributed by atoms with Gasteiger partial charge in [-0.2, -0.15) is 0 Å². The number of fused-ring (bicyclic) bond motifs is 5. The van der Waals surface area contributed by atoms with Gasteiger partial charge in [0.25, 0.3) is 11.6 Å². The van der Waals surface area contributed by atoms with Crippen molar-refractivity contribution in [3.05, 3.63) is 51.6 Å². The standard InChI is InChI=1S/C32H41N3O8/c1-18(36)24-9-10-25-23-8-7-20-16-21(11-13-31(20,2)26(23)12-14-32(24,25)3)34-43-17-27(37)33-28(30(39)40)29(38)19-5-4-6-22(15-19)35(41)42/h4-6,15-16,23-26,28-29,38H,7-14,17H2,1-3H3,(H,33,37)(H,39,40)/t23-,24-,25+,26-,28-,29+,31-,32+/m0/s1. The smallest absolute Gasteiger partial charge is 0.329 e. The van der Waals surface area contributed by atoms with Crippen molar-refractivity contribution in [3.8, 4) is 0 Å². The summed E-state index contributed by atoms with van der Waals surface area (Å²) in [6, 6.07) is 3.23. The maximum atomic E-state index is 12.5. The van der Waals surface area contributed by atoms with Crippen molar-refractivity contribution in [3.63, 3.8) is 0 Å². The number of nitrogens with zero attached hydrogens (tertiary/aromatic N) is 2. The second kappa shape index (κ2) is 11.8. The first-order valence-corrected chi connectivity index (χ1v) is 15.2. The molecule has 0 heterocycles. The van der Waals surface area contributed by atoms with Crippen molar-refractivity contribution in [2.45, 2.75) is 84.3 Å². The quantitative estimate of drug-likeness (QED) is 0.272. The lowest BCUT2D eigenvalue weighted by molar-refractivity contribution is -0.385. The number of aliphatic hydroxyl groups excluding tert-OH is 1. The fourth-order valence-corrected chi connectivity index (χ4v) is 8.99. The number of ketones is 1. The van der Waals surface area contributed by atoms with E-state index >= 15 is 0 Å². The molecule has 1 aromatic carbocycles. The molecule has 4 aliphatic carbocycles. The van der Waals surface area contributed by atoms with Crippen LogP contribution in [0.3, 0.4) is 0 Å². The first-order chi connectivity index (χ1) is 20.3. The predicted molar refractivity (Wildman–Crippen MR) is 157 cm³/mol. The van der Waals surface area contributed by atoms with Crippen molar-refractivity contribution < 1.29 is 34.4 Å². The second-order valence-corrected chi connectivity index (χ2v) is 13.3. The van der Waals surface area contributed by atoms with E-state index in [1.807, 2.05) is 0 Å². The number of nitro benzene ring substituents is 1. The number of oxime groups is 1. The largest absolute Gasteiger partial charge is 0.480 e. The fourth-order valence-electron chi connectivity index (χ4n) is 8.99. The molecule has 43 heavy (non-hydrogen) atoms. The second-order valence-electron chi connectivity index (χ2n) is 13.3. The van der Waals surface area contributed by atoms with Crippen LogP contribution in [0.2, 0.25) is 0 Å². The van der Waals surface area contributed by atoms with Gasteiger partial charge in [-0.25, -0.2) is 4.79 Å². The monoisotopic (exact) mass is 595 g/mol. The summed E-state index contributed by atoms with van der Waals surface area (Å²) in [6.07, 6.45) is 8.50. The SMILES string of the molecule is CC(=O)[C@@H]1CC[C@@H]2[C@@H]3CCC4=CC(=NOCC(=O)N[C@H](C(=O)O)[C@H](O)c5cccc([N+](=O)[O-])c5)CC[C@]4(C)[C@H]3CC[C@@]21C. The minimum atomic E-state index is -1.73. The Hall–Kier alpha value is -3.60. The van der Waals surface area contributed by atoms with E-state index in [0.717, 1.165) is 56.7 Å². The number of hydrogen-bond acceptors (Lipinski definition) is 8. The molecule has 8 atom stereocenters. The minimum absolute atomic E-state index is 0.0103. The first kappa shape index (κ1) is 30.8. The lowest BCUT2D eigenvalue weighted by Crippen LogP contribution is -2.51. The number of aliphatic hydroxyl groups is 1. The van der Waals surface area contributed by atoms with Gasteiger partial charge in [-0.15, -0.1) is 0 Å². The van der Waals surface area contributed by atoms with Crippen LogP contribution in [0, 0.1) is 44.6 Å². The molecule has 232 valence electrons. The summed E-state index contributed by atoms with van der Waals surface area (Å²) in [5.41, 5.74) is 1.98. The Kier molecular flexibility index (Phi) is 8.48. The van der Waals surface area contributed by atoms with Crippen LogP contribution >= 0.6 is 0 Å². The molecule has 0 bridgehead atoms. The van der Waals surface area contributed by atoms with E-state index in [1.165, 1.54) is 23.8 Å². The van der Waals surface area contributed by atoms with Crippen molar-refractivity contribution in [2.24, 2.45) is 39.7 Å². The minimum Gasteiger partial charge on any atom is -0.480 e. The number of Topliss-reactive ketones (excluding diaryl/α,β-unsaturated/α-hetero) is 1. The molecule has 1 aromatic rings. The molecule has 1 amide bonds. The molecule has 5 rings (SSSR count). The maximum absolute atomic E-state index is 12.5. The van der Waals surface area contributed by atoms with Gasteiger partial charge in [-0.05, 0) is 98.5 Å². The Balaban J connectivity index is 1.20. The summed E-state index contributed by atoms with van der Waals surface area (Å²) in [5.74, 6) is 0.0504. The van der Waals surface area contributed by atoms with E-state index in [9.17, 15) is 34.7 Å². The average Bonchev–Trinajstić information content (AvgIpc) is 3.33. The van der Waals surface area contributed by atoms with Gasteiger partial charge in [0.05, 0.1) is 10.6 Å². The maximum Gasteiger partial charge on any atom is 0.329 e. The number of rotatable bonds is 9. The highest BCUT2D eigenvalue weighted by atomic mass is 16.6. The number of carbonyl (C=O) groups excluding carboxylic acids is 2. The highest BCUT2D eigenvalue weighted by Gasteiger charge is 2.59. The van der Waals surface area contributed by atoms with Crippen LogP contribution in [0.15, 0.2) is 41.1 Å². The number of carboxylic acid groups (broad SMARTS) is 1. The van der Waals surface area contributed by atoms with E-state index in [4.69, 9.17) is 4.84 Å². The van der Waals surface area contributed by atoms with Crippen LogP contribution in [0.25, 0.3) is 0 Å². The third-order valence-corrected chi connectivity index (χ3v) is 11.2. The van der Waals surface area contributed by atoms with Gasteiger partial charge in [0.1, 0.15) is 11.9 Å². The van der Waals surface area contributed by atoms with Gasteiger partial charge in [0.15, 0.2) is 12.6 Å². The van der Waals surface area contributed by atoms with Crippen molar-refractivity contribution in [2.75, 3.05) is 6.61 Å². The number of benzene rings is 1. The zero-order chi connectivity index (χ0) is 31.1. The van der Waals surface area contributed by atoms with E-state index < -0.39 is 35.6 Å². The van der Waals surface area contributed by atoms with E-state index in [2.05, 4.69) is 30.4 Å². The lowest BCUT2D eigenvalue weighted by Gasteiger charge is -2.58. The number of carboxylic acids is 1. The molecule has 3 N–H and O–H groups in total.